The number of hydrogen-bond acceptors (Lipinski definition) is 5. The van der Waals surface area contributed by atoms with E-state index in [1.165, 1.54) is 0 Å². The first-order chi connectivity index (χ1) is 14.4. The molecule has 0 amide bonds. The van der Waals surface area contributed by atoms with Crippen LogP contribution in [0.4, 0.5) is 0 Å². The molecule has 0 radical (unpaired) electrons. The van der Waals surface area contributed by atoms with Gasteiger partial charge in [0.05, 0.1) is 5.92 Å². The van der Waals surface area contributed by atoms with Gasteiger partial charge in [-0.2, -0.15) is 0 Å². The summed E-state index contributed by atoms with van der Waals surface area (Å²) in [6, 6.07) is 7.05. The number of aliphatic hydroxyl groups is 1. The first-order valence-corrected chi connectivity index (χ1v) is 10.8. The lowest BCUT2D eigenvalue weighted by Crippen LogP contribution is -2.43. The molecule has 1 aromatic carbocycles. The molecular weight excluding hydrogens is 392 g/mol. The van der Waals surface area contributed by atoms with Crippen molar-refractivity contribution in [3.63, 3.8) is 0 Å². The van der Waals surface area contributed by atoms with E-state index >= 15 is 0 Å². The molecule has 0 aliphatic heterocycles. The van der Waals surface area contributed by atoms with Crippen LogP contribution in [0.3, 0.4) is 0 Å². The van der Waals surface area contributed by atoms with Gasteiger partial charge in [0, 0.05) is 37.2 Å². The first kappa shape index (κ1) is 23.0. The Balaban J connectivity index is 2.09. The maximum absolute atomic E-state index is 13.2. The fourth-order valence-corrected chi connectivity index (χ4v) is 4.88. The van der Waals surface area contributed by atoms with Gasteiger partial charge in [-0.3, -0.25) is 14.4 Å². The standard InChI is InChI=1S/C26H32O5/c1-6-11-31-17-9-7-16(8-10-17)22(23-18(27)12-25(2,3)13-19(23)28)24-20(29)14-26(4,5)15-21(24)30/h6-10,22-23,29H,1,11-15H2,2-5H3/t22-/m1/s1. The van der Waals surface area contributed by atoms with E-state index < -0.39 is 17.3 Å². The monoisotopic (exact) mass is 424 g/mol. The van der Waals surface area contributed by atoms with Gasteiger partial charge in [-0.15, -0.1) is 0 Å². The van der Waals surface area contributed by atoms with Crippen LogP contribution in [0, 0.1) is 16.7 Å². The Hall–Kier alpha value is -2.69. The van der Waals surface area contributed by atoms with Crippen LogP contribution in [0.5, 0.6) is 5.75 Å². The molecule has 2 aliphatic rings. The van der Waals surface area contributed by atoms with Crippen LogP contribution in [-0.4, -0.2) is 29.1 Å². The predicted molar refractivity (Wildman–Crippen MR) is 119 cm³/mol. The number of hydrogen-bond donors (Lipinski definition) is 1. The Labute approximate surface area is 184 Å². The van der Waals surface area contributed by atoms with E-state index in [9.17, 15) is 19.5 Å². The van der Waals surface area contributed by atoms with Gasteiger partial charge in [0.15, 0.2) is 5.78 Å². The number of Topliss-reactive ketones (excluding diaryl/α,β-unsaturated/α-hetero) is 3. The Bertz CT molecular complexity index is 913. The van der Waals surface area contributed by atoms with E-state index in [2.05, 4.69) is 6.58 Å². The van der Waals surface area contributed by atoms with Crippen molar-refractivity contribution in [3.8, 4) is 5.75 Å². The van der Waals surface area contributed by atoms with Gasteiger partial charge in [0.25, 0.3) is 0 Å². The average molecular weight is 425 g/mol. The lowest BCUT2D eigenvalue weighted by Gasteiger charge is -2.39. The zero-order chi connectivity index (χ0) is 23.0. The minimum atomic E-state index is -0.963. The summed E-state index contributed by atoms with van der Waals surface area (Å²) in [5, 5.41) is 10.9. The quantitative estimate of drug-likeness (QED) is 0.507. The number of ether oxygens (including phenoxy) is 1. The van der Waals surface area contributed by atoms with E-state index in [4.69, 9.17) is 4.74 Å². The molecule has 2 aliphatic carbocycles. The minimum Gasteiger partial charge on any atom is -0.512 e. The van der Waals surface area contributed by atoms with Gasteiger partial charge in [-0.05, 0) is 28.5 Å². The van der Waals surface area contributed by atoms with Crippen molar-refractivity contribution in [3.05, 3.63) is 53.8 Å². The summed E-state index contributed by atoms with van der Waals surface area (Å²) in [5.74, 6) is -1.67. The zero-order valence-electron chi connectivity index (χ0n) is 18.9. The Morgan fingerprint density at radius 2 is 1.55 bits per heavy atom. The highest BCUT2D eigenvalue weighted by Crippen LogP contribution is 2.47. The SMILES string of the molecule is C=CCOc1ccc([C@@H](C2=C(O)CC(C)(C)CC2=O)C2C(=O)CC(C)(C)CC2=O)cc1. The number of ketones is 3. The molecule has 0 heterocycles. The molecule has 1 fully saturated rings. The third kappa shape index (κ3) is 4.97. The maximum Gasteiger partial charge on any atom is 0.163 e. The molecule has 0 spiro atoms. The summed E-state index contributed by atoms with van der Waals surface area (Å²) in [5.41, 5.74) is 0.115. The highest BCUT2D eigenvalue weighted by molar-refractivity contribution is 6.09. The van der Waals surface area contributed by atoms with Crippen LogP contribution in [0.25, 0.3) is 0 Å². The largest absolute Gasteiger partial charge is 0.512 e. The van der Waals surface area contributed by atoms with E-state index in [0.29, 0.717) is 24.3 Å². The average Bonchev–Trinajstić information content (AvgIpc) is 2.62. The molecule has 0 saturated heterocycles. The fourth-order valence-electron chi connectivity index (χ4n) is 4.88. The van der Waals surface area contributed by atoms with Crippen molar-refractivity contribution in [1.82, 2.24) is 0 Å². The van der Waals surface area contributed by atoms with Crippen molar-refractivity contribution < 1.29 is 24.2 Å². The maximum atomic E-state index is 13.2. The topological polar surface area (TPSA) is 80.7 Å². The Morgan fingerprint density at radius 3 is 2.06 bits per heavy atom. The molecule has 5 nitrogen and oxygen atoms in total. The van der Waals surface area contributed by atoms with Gasteiger partial charge in [-0.1, -0.05) is 52.5 Å². The third-order valence-corrected chi connectivity index (χ3v) is 6.15. The van der Waals surface area contributed by atoms with Crippen LogP contribution in [0.2, 0.25) is 0 Å². The molecule has 1 saturated carbocycles. The normalized spacial score (nSPS) is 22.4. The van der Waals surface area contributed by atoms with Crippen LogP contribution >= 0.6 is 0 Å². The second-order valence-electron chi connectivity index (χ2n) is 10.4. The molecule has 1 atom stereocenters. The van der Waals surface area contributed by atoms with Crippen LogP contribution in [-0.2, 0) is 14.4 Å². The number of benzene rings is 1. The molecule has 0 bridgehead atoms. The minimum absolute atomic E-state index is 0.0105. The lowest BCUT2D eigenvalue weighted by atomic mass is 9.62. The summed E-state index contributed by atoms with van der Waals surface area (Å²) >= 11 is 0. The van der Waals surface area contributed by atoms with Crippen molar-refractivity contribution >= 4 is 17.3 Å². The first-order valence-electron chi connectivity index (χ1n) is 10.8. The molecule has 3 rings (SSSR count). The van der Waals surface area contributed by atoms with Crippen LogP contribution < -0.4 is 4.74 Å². The van der Waals surface area contributed by atoms with Gasteiger partial charge >= 0.3 is 0 Å². The molecule has 5 heteroatoms. The predicted octanol–water partition coefficient (Wildman–Crippen LogP) is 5.11. The molecule has 0 aromatic heterocycles. The third-order valence-electron chi connectivity index (χ3n) is 6.15. The smallest absolute Gasteiger partial charge is 0.163 e. The molecule has 31 heavy (non-hydrogen) atoms. The summed E-state index contributed by atoms with van der Waals surface area (Å²) in [4.78, 5) is 39.5. The van der Waals surface area contributed by atoms with Crippen LogP contribution in [0.15, 0.2) is 48.3 Å². The number of carbonyl (C=O) groups is 3. The van der Waals surface area contributed by atoms with Crippen molar-refractivity contribution in [2.75, 3.05) is 6.61 Å². The van der Waals surface area contributed by atoms with E-state index in [-0.39, 0.29) is 53.4 Å². The Morgan fingerprint density at radius 1 is 1.00 bits per heavy atom. The fraction of sp³-hybridized carbons (Fsp3) is 0.500. The molecule has 1 aromatic rings. The molecular formula is C26H32O5. The zero-order valence-corrected chi connectivity index (χ0v) is 18.9. The lowest BCUT2D eigenvalue weighted by molar-refractivity contribution is -0.140. The van der Waals surface area contributed by atoms with Crippen molar-refractivity contribution in [2.45, 2.75) is 59.3 Å². The number of rotatable bonds is 6. The molecule has 166 valence electrons. The second kappa shape index (κ2) is 8.45. The highest BCUT2D eigenvalue weighted by atomic mass is 16.5. The van der Waals surface area contributed by atoms with Gasteiger partial charge in [0.2, 0.25) is 0 Å². The van der Waals surface area contributed by atoms with Crippen molar-refractivity contribution in [2.24, 2.45) is 16.7 Å². The highest BCUT2D eigenvalue weighted by Gasteiger charge is 2.48. The number of aliphatic hydroxyl groups excluding tert-OH is 1. The van der Waals surface area contributed by atoms with Gasteiger partial charge < -0.3 is 9.84 Å². The van der Waals surface area contributed by atoms with E-state index in [0.717, 1.165) is 0 Å². The van der Waals surface area contributed by atoms with Crippen molar-refractivity contribution in [1.29, 1.82) is 0 Å². The summed E-state index contributed by atoms with van der Waals surface area (Å²) < 4.78 is 5.54. The second-order valence-corrected chi connectivity index (χ2v) is 10.4. The number of allylic oxidation sites excluding steroid dienone is 2. The van der Waals surface area contributed by atoms with Crippen LogP contribution in [0.1, 0.15) is 64.9 Å². The summed E-state index contributed by atoms with van der Waals surface area (Å²) in [6.45, 7) is 11.7. The van der Waals surface area contributed by atoms with E-state index in [1.807, 2.05) is 27.7 Å². The van der Waals surface area contributed by atoms with Gasteiger partial charge in [0.1, 0.15) is 29.7 Å². The van der Waals surface area contributed by atoms with Gasteiger partial charge in [-0.25, -0.2) is 0 Å². The summed E-state index contributed by atoms with van der Waals surface area (Å²) in [6.07, 6.45) is 2.79. The Kier molecular flexibility index (Phi) is 6.26. The molecule has 0 unspecified atom stereocenters. The van der Waals surface area contributed by atoms with E-state index in [1.54, 1.807) is 30.3 Å². The summed E-state index contributed by atoms with van der Waals surface area (Å²) in [7, 11) is 0. The molecule has 1 N–H and O–H groups in total. The number of carbonyl (C=O) groups excluding carboxylic acids is 3.